The first-order valence-corrected chi connectivity index (χ1v) is 14.2. The van der Waals surface area contributed by atoms with E-state index in [4.69, 9.17) is 24.4 Å². The lowest BCUT2D eigenvalue weighted by Crippen LogP contribution is -2.51. The maximum absolute atomic E-state index is 11.5. The Bertz CT molecular complexity index is 1430. The van der Waals surface area contributed by atoms with Crippen LogP contribution < -0.4 is 5.32 Å². The van der Waals surface area contributed by atoms with E-state index in [0.717, 1.165) is 38.1 Å². The van der Waals surface area contributed by atoms with Crippen LogP contribution in [-0.4, -0.2) is 73.3 Å². The van der Waals surface area contributed by atoms with Crippen molar-refractivity contribution in [1.29, 1.82) is 5.41 Å². The number of benzene rings is 1. The number of nitrogens with one attached hydrogen (secondary N) is 2. The number of fused-ring (bicyclic) bond motifs is 1. The first-order chi connectivity index (χ1) is 20.8. The summed E-state index contributed by atoms with van der Waals surface area (Å²) >= 11 is 0. The molecular formula is C33H40N4O6. The van der Waals surface area contributed by atoms with Gasteiger partial charge in [-0.15, -0.1) is 0 Å². The summed E-state index contributed by atoms with van der Waals surface area (Å²) in [5, 5.41) is 19.6. The summed E-state index contributed by atoms with van der Waals surface area (Å²) in [6.07, 6.45) is 4.41. The minimum absolute atomic E-state index is 0.0998. The standard InChI is InChI=1S/C33H40N4O6/c1-6-25(27-8-7-9-30(35-27)36-32(41-5)26(17-34)33(38)39)31(21(2)3)43-19-22-10-11-24-18-37(14-12-23(24)16-22)28-13-15-42-20-29(28)40-4/h6-11,16-17,28-29,34H,1-2,12-15,18-20H2,3-5H3,(H,35,36)(H,38,39)/b31-25-,32-26-,34-17?. The van der Waals surface area contributed by atoms with Gasteiger partial charge < -0.3 is 34.8 Å². The monoisotopic (exact) mass is 588 g/mol. The molecule has 228 valence electrons. The largest absolute Gasteiger partial charge is 0.488 e. The number of nitrogens with zero attached hydrogens (tertiary/aromatic N) is 2. The summed E-state index contributed by atoms with van der Waals surface area (Å²) in [5.74, 6) is -0.508. The van der Waals surface area contributed by atoms with Crippen molar-refractivity contribution in [3.63, 3.8) is 0 Å². The molecule has 0 radical (unpaired) electrons. The molecule has 0 bridgehead atoms. The van der Waals surface area contributed by atoms with Gasteiger partial charge in [-0.1, -0.05) is 43.5 Å². The molecule has 2 atom stereocenters. The molecule has 10 heteroatoms. The van der Waals surface area contributed by atoms with Gasteiger partial charge in [-0.25, -0.2) is 9.78 Å². The van der Waals surface area contributed by atoms with Gasteiger partial charge in [-0.3, -0.25) is 4.90 Å². The molecule has 4 rings (SSSR count). The van der Waals surface area contributed by atoms with Gasteiger partial charge in [0.1, 0.15) is 23.8 Å². The van der Waals surface area contributed by atoms with Crippen molar-refractivity contribution < 1.29 is 28.8 Å². The number of pyridine rings is 1. The average molecular weight is 589 g/mol. The molecule has 0 saturated carbocycles. The minimum Gasteiger partial charge on any atom is -0.488 e. The average Bonchev–Trinajstić information content (AvgIpc) is 3.02. The molecule has 3 heterocycles. The smallest absolute Gasteiger partial charge is 0.342 e. The first-order valence-electron chi connectivity index (χ1n) is 14.2. The van der Waals surface area contributed by atoms with Gasteiger partial charge >= 0.3 is 5.97 Å². The van der Waals surface area contributed by atoms with E-state index in [0.29, 0.717) is 53.9 Å². The van der Waals surface area contributed by atoms with Crippen molar-refractivity contribution in [1.82, 2.24) is 9.88 Å². The van der Waals surface area contributed by atoms with E-state index in [2.05, 4.69) is 46.6 Å². The summed E-state index contributed by atoms with van der Waals surface area (Å²) < 4.78 is 22.8. The Kier molecular flexibility index (Phi) is 10.9. The number of methoxy groups -OCH3 is 2. The molecule has 2 unspecified atom stereocenters. The molecule has 0 spiro atoms. The summed E-state index contributed by atoms with van der Waals surface area (Å²) in [5.41, 5.74) is 5.28. The Labute approximate surface area is 252 Å². The minimum atomic E-state index is -1.29. The second-order valence-corrected chi connectivity index (χ2v) is 10.5. The van der Waals surface area contributed by atoms with Gasteiger partial charge in [0, 0.05) is 44.6 Å². The molecule has 10 nitrogen and oxygen atoms in total. The molecule has 1 aromatic carbocycles. The fourth-order valence-corrected chi connectivity index (χ4v) is 5.47. The highest BCUT2D eigenvalue weighted by Gasteiger charge is 2.32. The lowest BCUT2D eigenvalue weighted by Gasteiger charge is -2.41. The van der Waals surface area contributed by atoms with Crippen LogP contribution in [0, 0.1) is 5.41 Å². The second-order valence-electron chi connectivity index (χ2n) is 10.5. The van der Waals surface area contributed by atoms with E-state index < -0.39 is 5.97 Å². The molecule has 1 saturated heterocycles. The van der Waals surface area contributed by atoms with Crippen LogP contribution in [0.15, 0.2) is 78.4 Å². The number of rotatable bonds is 13. The molecular weight excluding hydrogens is 548 g/mol. The van der Waals surface area contributed by atoms with Crippen molar-refractivity contribution in [2.75, 3.05) is 39.3 Å². The van der Waals surface area contributed by atoms with Crippen molar-refractivity contribution in [3.05, 3.63) is 101 Å². The number of carbonyl (C=O) groups is 1. The van der Waals surface area contributed by atoms with Crippen LogP contribution in [0.2, 0.25) is 0 Å². The molecule has 2 aromatic rings. The van der Waals surface area contributed by atoms with Gasteiger partial charge in [-0.05, 0) is 54.2 Å². The molecule has 0 aliphatic carbocycles. The number of aliphatic carboxylic acids is 1. The maximum Gasteiger partial charge on any atom is 0.342 e. The number of hydrogen-bond acceptors (Lipinski definition) is 9. The fraction of sp³-hybridized carbons (Fsp3) is 0.364. The highest BCUT2D eigenvalue weighted by Crippen LogP contribution is 2.29. The lowest BCUT2D eigenvalue weighted by molar-refractivity contribution is -0.132. The Morgan fingerprint density at radius 2 is 2.09 bits per heavy atom. The highest BCUT2D eigenvalue weighted by atomic mass is 16.5. The highest BCUT2D eigenvalue weighted by molar-refractivity contribution is 6.08. The molecule has 3 N–H and O–H groups in total. The van der Waals surface area contributed by atoms with E-state index in [9.17, 15) is 9.90 Å². The number of aromatic nitrogens is 1. The lowest BCUT2D eigenvalue weighted by atomic mass is 9.94. The molecule has 2 aliphatic rings. The Hall–Kier alpha value is -4.25. The third-order valence-corrected chi connectivity index (χ3v) is 7.66. The number of carboxylic acid groups (broad SMARTS) is 1. The zero-order valence-electron chi connectivity index (χ0n) is 25.0. The van der Waals surface area contributed by atoms with Crippen molar-refractivity contribution in [2.45, 2.75) is 45.1 Å². The topological polar surface area (TPSA) is 126 Å². The Morgan fingerprint density at radius 1 is 1.28 bits per heavy atom. The van der Waals surface area contributed by atoms with E-state index >= 15 is 0 Å². The van der Waals surface area contributed by atoms with Gasteiger partial charge in [0.05, 0.1) is 25.5 Å². The quantitative estimate of drug-likeness (QED) is 0.129. The zero-order valence-corrected chi connectivity index (χ0v) is 25.0. The van der Waals surface area contributed by atoms with Crippen LogP contribution >= 0.6 is 0 Å². The maximum atomic E-state index is 11.5. The predicted molar refractivity (Wildman–Crippen MR) is 166 cm³/mol. The summed E-state index contributed by atoms with van der Waals surface area (Å²) in [4.78, 5) is 18.6. The number of carboxylic acids is 1. The van der Waals surface area contributed by atoms with Crippen LogP contribution in [0.25, 0.3) is 5.57 Å². The summed E-state index contributed by atoms with van der Waals surface area (Å²) in [6.45, 7) is 13.6. The van der Waals surface area contributed by atoms with Crippen LogP contribution in [-0.2, 0) is 43.3 Å². The number of anilines is 1. The van der Waals surface area contributed by atoms with Crippen molar-refractivity contribution >= 4 is 23.6 Å². The molecule has 43 heavy (non-hydrogen) atoms. The number of allylic oxidation sites excluding steroid dienone is 3. The molecule has 1 fully saturated rings. The fourth-order valence-electron chi connectivity index (χ4n) is 5.47. The zero-order chi connectivity index (χ0) is 30.9. The second kappa shape index (κ2) is 14.8. The third-order valence-electron chi connectivity index (χ3n) is 7.66. The van der Waals surface area contributed by atoms with Gasteiger partial charge in [0.25, 0.3) is 0 Å². The van der Waals surface area contributed by atoms with Gasteiger partial charge in [0.2, 0.25) is 5.88 Å². The van der Waals surface area contributed by atoms with E-state index in [1.165, 1.54) is 18.2 Å². The third kappa shape index (κ3) is 7.59. The number of hydrogen-bond donors (Lipinski definition) is 3. The van der Waals surface area contributed by atoms with E-state index in [1.807, 2.05) is 6.92 Å². The van der Waals surface area contributed by atoms with Crippen molar-refractivity contribution in [2.24, 2.45) is 0 Å². The van der Waals surface area contributed by atoms with Crippen LogP contribution in [0.4, 0.5) is 5.82 Å². The van der Waals surface area contributed by atoms with Crippen LogP contribution in [0.5, 0.6) is 0 Å². The molecule has 1 aromatic heterocycles. The van der Waals surface area contributed by atoms with E-state index in [-0.39, 0.29) is 17.6 Å². The van der Waals surface area contributed by atoms with Crippen LogP contribution in [0.3, 0.4) is 0 Å². The van der Waals surface area contributed by atoms with Gasteiger partial charge in [-0.2, -0.15) is 0 Å². The normalized spacial score (nSPS) is 19.7. The van der Waals surface area contributed by atoms with Crippen LogP contribution in [0.1, 0.15) is 35.7 Å². The SMILES string of the molecule is C=C/C(=C(/OCc1ccc2c(c1)CCN(C1CCOCC1OC)C2)C(=C)C)c1cccc(N/C(OC)=C(\C=N)C(=O)O)n1. The Morgan fingerprint density at radius 3 is 2.77 bits per heavy atom. The Balaban J connectivity index is 1.51. The molecule has 2 aliphatic heterocycles. The van der Waals surface area contributed by atoms with Gasteiger partial charge in [0.15, 0.2) is 0 Å². The summed E-state index contributed by atoms with van der Waals surface area (Å²) in [7, 11) is 3.08. The predicted octanol–water partition coefficient (Wildman–Crippen LogP) is 4.94. The molecule has 0 amide bonds. The van der Waals surface area contributed by atoms with E-state index in [1.54, 1.807) is 31.4 Å². The summed E-state index contributed by atoms with van der Waals surface area (Å²) in [6, 6.07) is 12.1. The first kappa shape index (κ1) is 31.7. The number of ether oxygens (including phenoxy) is 4. The van der Waals surface area contributed by atoms with Crippen molar-refractivity contribution in [3.8, 4) is 0 Å².